The van der Waals surface area contributed by atoms with Gasteiger partial charge in [-0.1, -0.05) is 12.8 Å². The zero-order chi connectivity index (χ0) is 15.5. The lowest BCUT2D eigenvalue weighted by Crippen LogP contribution is -2.28. The molecule has 1 aromatic heterocycles. The summed E-state index contributed by atoms with van der Waals surface area (Å²) in [5, 5.41) is 11.8. The van der Waals surface area contributed by atoms with Crippen LogP contribution >= 0.6 is 15.9 Å². The molecule has 0 atom stereocenters. The molecule has 0 aliphatic heterocycles. The smallest absolute Gasteiger partial charge is 0.303 e. The number of hydrogen-bond donors (Lipinski definition) is 2. The first-order valence-electron chi connectivity index (χ1n) is 7.04. The second-order valence-corrected chi connectivity index (χ2v) is 6.68. The Hall–Kier alpha value is -1.43. The Morgan fingerprint density at radius 1 is 1.38 bits per heavy atom. The van der Waals surface area contributed by atoms with Crippen molar-refractivity contribution in [3.8, 4) is 0 Å². The molecule has 1 aromatic rings. The number of nitrogens with one attached hydrogen (secondary N) is 1. The molecule has 1 aliphatic rings. The summed E-state index contributed by atoms with van der Waals surface area (Å²) in [5.41, 5.74) is 0.599. The van der Waals surface area contributed by atoms with E-state index >= 15 is 0 Å². The maximum Gasteiger partial charge on any atom is 0.303 e. The van der Waals surface area contributed by atoms with Crippen molar-refractivity contribution in [2.75, 3.05) is 5.32 Å². The molecule has 2 rings (SSSR count). The van der Waals surface area contributed by atoms with Gasteiger partial charge < -0.3 is 10.4 Å². The highest BCUT2D eigenvalue weighted by molar-refractivity contribution is 9.10. The number of halogens is 1. The number of pyridine rings is 1. The number of carboxylic acid groups (broad SMARTS) is 1. The van der Waals surface area contributed by atoms with Gasteiger partial charge in [-0.25, -0.2) is 4.98 Å². The van der Waals surface area contributed by atoms with E-state index in [0.29, 0.717) is 5.82 Å². The van der Waals surface area contributed by atoms with Gasteiger partial charge in [0, 0.05) is 17.1 Å². The average molecular weight is 355 g/mol. The van der Waals surface area contributed by atoms with Crippen LogP contribution in [0, 0.1) is 12.3 Å². The van der Waals surface area contributed by atoms with Crippen LogP contribution in [0.15, 0.2) is 16.7 Å². The third kappa shape index (κ3) is 4.27. The molecule has 1 fully saturated rings. The first-order chi connectivity index (χ1) is 9.90. The molecule has 21 heavy (non-hydrogen) atoms. The fourth-order valence-electron chi connectivity index (χ4n) is 3.00. The van der Waals surface area contributed by atoms with Crippen LogP contribution in [0.25, 0.3) is 0 Å². The molecule has 2 N–H and O–H groups in total. The van der Waals surface area contributed by atoms with Crippen LogP contribution in [0.4, 0.5) is 5.82 Å². The van der Waals surface area contributed by atoms with E-state index < -0.39 is 5.97 Å². The Labute approximate surface area is 132 Å². The van der Waals surface area contributed by atoms with Crippen LogP contribution < -0.4 is 5.32 Å². The summed E-state index contributed by atoms with van der Waals surface area (Å²) < 4.78 is 0.888. The summed E-state index contributed by atoms with van der Waals surface area (Å²) >= 11 is 3.36. The SMILES string of the molecule is Cc1cc(NC(=O)CC2(CC(=O)O)CCCC2)ncc1Br. The number of carboxylic acids is 1. The quantitative estimate of drug-likeness (QED) is 0.847. The lowest BCUT2D eigenvalue weighted by molar-refractivity contribution is -0.140. The van der Waals surface area contributed by atoms with Crippen LogP contribution in [0.2, 0.25) is 0 Å². The number of aryl methyl sites for hydroxylation is 1. The minimum absolute atomic E-state index is 0.0627. The largest absolute Gasteiger partial charge is 0.481 e. The molecule has 1 amide bonds. The molecule has 5 nitrogen and oxygen atoms in total. The summed E-state index contributed by atoms with van der Waals surface area (Å²) in [5.74, 6) is -0.487. The highest BCUT2D eigenvalue weighted by atomic mass is 79.9. The molecule has 0 bridgehead atoms. The van der Waals surface area contributed by atoms with Crippen LogP contribution in [-0.2, 0) is 9.59 Å². The van der Waals surface area contributed by atoms with E-state index in [1.807, 2.05) is 6.92 Å². The zero-order valence-electron chi connectivity index (χ0n) is 12.0. The normalized spacial score (nSPS) is 16.7. The van der Waals surface area contributed by atoms with E-state index in [1.54, 1.807) is 12.3 Å². The van der Waals surface area contributed by atoms with Crippen LogP contribution in [0.5, 0.6) is 0 Å². The zero-order valence-corrected chi connectivity index (χ0v) is 13.6. The van der Waals surface area contributed by atoms with Gasteiger partial charge >= 0.3 is 5.97 Å². The molecule has 114 valence electrons. The highest BCUT2D eigenvalue weighted by Crippen LogP contribution is 2.44. The molecule has 0 radical (unpaired) electrons. The van der Waals surface area contributed by atoms with Crippen LogP contribution in [-0.4, -0.2) is 22.0 Å². The monoisotopic (exact) mass is 354 g/mol. The van der Waals surface area contributed by atoms with Crippen molar-refractivity contribution in [1.82, 2.24) is 4.98 Å². The number of anilines is 1. The molecule has 0 saturated heterocycles. The van der Waals surface area contributed by atoms with Crippen molar-refractivity contribution in [2.45, 2.75) is 45.4 Å². The van der Waals surface area contributed by atoms with Crippen LogP contribution in [0.3, 0.4) is 0 Å². The molecule has 0 spiro atoms. The molecule has 0 aromatic carbocycles. The van der Waals surface area contributed by atoms with Crippen molar-refractivity contribution in [3.63, 3.8) is 0 Å². The van der Waals surface area contributed by atoms with Crippen molar-refractivity contribution in [2.24, 2.45) is 5.41 Å². The second kappa shape index (κ2) is 6.56. The first kappa shape index (κ1) is 15.9. The minimum atomic E-state index is -0.831. The Morgan fingerprint density at radius 2 is 2.05 bits per heavy atom. The lowest BCUT2D eigenvalue weighted by atomic mass is 9.79. The molecule has 6 heteroatoms. The van der Waals surface area contributed by atoms with Gasteiger partial charge in [-0.2, -0.15) is 0 Å². The Balaban J connectivity index is 2.02. The topological polar surface area (TPSA) is 79.3 Å². The van der Waals surface area contributed by atoms with Crippen LogP contribution in [0.1, 0.15) is 44.1 Å². The maximum atomic E-state index is 12.2. The number of rotatable bonds is 5. The third-order valence-corrected chi connectivity index (χ3v) is 4.87. The van der Waals surface area contributed by atoms with Crippen molar-refractivity contribution >= 4 is 33.6 Å². The van der Waals surface area contributed by atoms with E-state index in [4.69, 9.17) is 5.11 Å². The predicted molar refractivity (Wildman–Crippen MR) is 83.1 cm³/mol. The number of aliphatic carboxylic acids is 1. The fourth-order valence-corrected chi connectivity index (χ4v) is 3.21. The fraction of sp³-hybridized carbons (Fsp3) is 0.533. The number of carbonyl (C=O) groups excluding carboxylic acids is 1. The van der Waals surface area contributed by atoms with E-state index in [0.717, 1.165) is 35.7 Å². The molecule has 1 heterocycles. The number of nitrogens with zero attached hydrogens (tertiary/aromatic N) is 1. The third-order valence-electron chi connectivity index (χ3n) is 4.04. The molecular weight excluding hydrogens is 336 g/mol. The van der Waals surface area contributed by atoms with Gasteiger partial charge in [-0.3, -0.25) is 9.59 Å². The van der Waals surface area contributed by atoms with Crippen molar-refractivity contribution < 1.29 is 14.7 Å². The number of aromatic nitrogens is 1. The molecular formula is C15H19BrN2O3. The van der Waals surface area contributed by atoms with Gasteiger partial charge in [-0.15, -0.1) is 0 Å². The number of carbonyl (C=O) groups is 2. The molecule has 1 saturated carbocycles. The van der Waals surface area contributed by atoms with Gasteiger partial charge in [0.1, 0.15) is 5.82 Å². The first-order valence-corrected chi connectivity index (χ1v) is 7.83. The summed E-state index contributed by atoms with van der Waals surface area (Å²) in [6.07, 6.45) is 5.56. The standard InChI is InChI=1S/C15H19BrN2O3/c1-10-6-12(17-9-11(10)16)18-13(19)7-15(8-14(20)21)4-2-3-5-15/h6,9H,2-5,7-8H2,1H3,(H,20,21)(H,17,18,19). The van der Waals surface area contributed by atoms with E-state index in [9.17, 15) is 9.59 Å². The maximum absolute atomic E-state index is 12.2. The van der Waals surface area contributed by atoms with E-state index in [1.165, 1.54) is 0 Å². The molecule has 1 aliphatic carbocycles. The summed E-state index contributed by atoms with van der Waals surface area (Å²) in [4.78, 5) is 27.4. The van der Waals surface area contributed by atoms with Crippen molar-refractivity contribution in [1.29, 1.82) is 0 Å². The van der Waals surface area contributed by atoms with Gasteiger partial charge in [0.15, 0.2) is 0 Å². The van der Waals surface area contributed by atoms with Gasteiger partial charge in [0.05, 0.1) is 6.42 Å². The van der Waals surface area contributed by atoms with Gasteiger partial charge in [0.25, 0.3) is 0 Å². The lowest BCUT2D eigenvalue weighted by Gasteiger charge is -2.26. The van der Waals surface area contributed by atoms with Gasteiger partial charge in [0.2, 0.25) is 5.91 Å². The van der Waals surface area contributed by atoms with E-state index in [2.05, 4.69) is 26.2 Å². The summed E-state index contributed by atoms with van der Waals surface area (Å²) in [6, 6.07) is 1.79. The highest BCUT2D eigenvalue weighted by Gasteiger charge is 2.38. The minimum Gasteiger partial charge on any atom is -0.481 e. The summed E-state index contributed by atoms with van der Waals surface area (Å²) in [6.45, 7) is 1.92. The number of hydrogen-bond acceptors (Lipinski definition) is 3. The Kier molecular flexibility index (Phi) is 4.98. The van der Waals surface area contributed by atoms with Gasteiger partial charge in [-0.05, 0) is 52.7 Å². The Bertz CT molecular complexity index is 554. The number of amides is 1. The van der Waals surface area contributed by atoms with Crippen molar-refractivity contribution in [3.05, 3.63) is 22.3 Å². The van der Waals surface area contributed by atoms with E-state index in [-0.39, 0.29) is 24.2 Å². The summed E-state index contributed by atoms with van der Waals surface area (Å²) in [7, 11) is 0. The second-order valence-electron chi connectivity index (χ2n) is 5.82. The average Bonchev–Trinajstić information content (AvgIpc) is 2.80. The molecule has 0 unspecified atom stereocenters. The predicted octanol–water partition coefficient (Wildman–Crippen LogP) is 3.52. The Morgan fingerprint density at radius 3 is 2.62 bits per heavy atom.